The van der Waals surface area contributed by atoms with Gasteiger partial charge in [-0.25, -0.2) is 0 Å². The number of aromatic nitrogens is 1. The van der Waals surface area contributed by atoms with Gasteiger partial charge in [-0.2, -0.15) is 0 Å². The normalized spacial score (nSPS) is 34.9. The lowest BCUT2D eigenvalue weighted by molar-refractivity contribution is -0.0207. The van der Waals surface area contributed by atoms with Crippen molar-refractivity contribution in [3.63, 3.8) is 0 Å². The van der Waals surface area contributed by atoms with Crippen LogP contribution in [0.25, 0.3) is 10.4 Å². The van der Waals surface area contributed by atoms with Crippen LogP contribution in [0.5, 0.6) is 0 Å². The minimum absolute atomic E-state index is 0.433. The number of pyridine rings is 1. The molecule has 23 heavy (non-hydrogen) atoms. The second-order valence-electron chi connectivity index (χ2n) is 8.07. The van der Waals surface area contributed by atoms with Gasteiger partial charge in [0.15, 0.2) is 0 Å². The van der Waals surface area contributed by atoms with Gasteiger partial charge in [-0.1, -0.05) is 12.1 Å². The first-order valence-electron chi connectivity index (χ1n) is 9.02. The van der Waals surface area contributed by atoms with Crippen LogP contribution in [0.3, 0.4) is 0 Å². The third-order valence-electron chi connectivity index (χ3n) is 6.31. The predicted octanol–water partition coefficient (Wildman–Crippen LogP) is 4.87. The molecule has 4 aliphatic rings. The van der Waals surface area contributed by atoms with E-state index in [0.29, 0.717) is 5.54 Å². The monoisotopic (exact) mass is 324 g/mol. The zero-order valence-corrected chi connectivity index (χ0v) is 14.3. The van der Waals surface area contributed by atoms with Crippen LogP contribution in [0.1, 0.15) is 44.2 Å². The molecule has 2 aromatic rings. The van der Waals surface area contributed by atoms with Crippen LogP contribution in [-0.4, -0.2) is 10.5 Å². The highest BCUT2D eigenvalue weighted by Gasteiger charge is 2.50. The molecule has 4 saturated carbocycles. The van der Waals surface area contributed by atoms with Crippen molar-refractivity contribution >= 4 is 11.3 Å². The van der Waals surface area contributed by atoms with Crippen LogP contribution in [-0.2, 0) is 6.54 Å². The summed E-state index contributed by atoms with van der Waals surface area (Å²) in [5.41, 5.74) is 2.85. The van der Waals surface area contributed by atoms with Crippen molar-refractivity contribution in [1.82, 2.24) is 10.3 Å². The van der Waals surface area contributed by atoms with Gasteiger partial charge < -0.3 is 5.32 Å². The Morgan fingerprint density at radius 2 is 1.78 bits per heavy atom. The van der Waals surface area contributed by atoms with E-state index in [1.807, 2.05) is 6.20 Å². The third kappa shape index (κ3) is 2.64. The van der Waals surface area contributed by atoms with Gasteiger partial charge in [0, 0.05) is 28.7 Å². The molecule has 4 fully saturated rings. The van der Waals surface area contributed by atoms with Gasteiger partial charge in [0.05, 0.1) is 5.69 Å². The molecule has 0 saturated heterocycles. The smallest absolute Gasteiger partial charge is 0.0542 e. The van der Waals surface area contributed by atoms with Crippen molar-refractivity contribution in [3.8, 4) is 10.4 Å². The summed E-state index contributed by atoms with van der Waals surface area (Å²) < 4.78 is 0. The lowest BCUT2D eigenvalue weighted by Gasteiger charge is -2.57. The minimum atomic E-state index is 0.433. The molecular formula is C20H24N2S. The lowest BCUT2D eigenvalue weighted by atomic mass is 9.53. The lowest BCUT2D eigenvalue weighted by Crippen LogP contribution is -2.58. The quantitative estimate of drug-likeness (QED) is 0.868. The van der Waals surface area contributed by atoms with Gasteiger partial charge >= 0.3 is 0 Å². The third-order valence-corrected chi connectivity index (χ3v) is 7.23. The second kappa shape index (κ2) is 5.42. The molecule has 120 valence electrons. The van der Waals surface area contributed by atoms with Gasteiger partial charge in [-0.15, -0.1) is 11.3 Å². The average Bonchev–Trinajstić information content (AvgIpc) is 3.07. The summed E-state index contributed by atoms with van der Waals surface area (Å²) in [4.78, 5) is 6.00. The van der Waals surface area contributed by atoms with Crippen molar-refractivity contribution in [2.75, 3.05) is 0 Å². The van der Waals surface area contributed by atoms with Gasteiger partial charge in [0.1, 0.15) is 0 Å². The summed E-state index contributed by atoms with van der Waals surface area (Å²) in [5, 5.41) is 6.06. The molecule has 2 aromatic heterocycles. The fourth-order valence-electron chi connectivity index (χ4n) is 5.72. The standard InChI is InChI=1S/C20H24N2S/c1-2-19(23-5-1)17-3-4-18(21-12-17)13-22-20-9-14-6-15(10-20)8-16(7-14)11-20/h1-5,12,14-16,22H,6-11,13H2. The van der Waals surface area contributed by atoms with E-state index in [0.717, 1.165) is 24.3 Å². The first-order chi connectivity index (χ1) is 11.3. The summed E-state index contributed by atoms with van der Waals surface area (Å²) in [6, 6.07) is 8.68. The molecular weight excluding hydrogens is 300 g/mol. The Morgan fingerprint density at radius 1 is 1.04 bits per heavy atom. The molecule has 0 aromatic carbocycles. The summed E-state index contributed by atoms with van der Waals surface area (Å²) in [7, 11) is 0. The Kier molecular flexibility index (Phi) is 3.34. The highest BCUT2D eigenvalue weighted by Crippen LogP contribution is 2.55. The van der Waals surface area contributed by atoms with Gasteiger partial charge in [-0.05, 0) is 73.8 Å². The van der Waals surface area contributed by atoms with Crippen molar-refractivity contribution in [2.24, 2.45) is 17.8 Å². The highest BCUT2D eigenvalue weighted by molar-refractivity contribution is 7.13. The Hall–Kier alpha value is -1.19. The zero-order valence-electron chi connectivity index (χ0n) is 13.5. The molecule has 0 radical (unpaired) electrons. The van der Waals surface area contributed by atoms with Crippen molar-refractivity contribution < 1.29 is 0 Å². The van der Waals surface area contributed by atoms with Gasteiger partial charge in [0.2, 0.25) is 0 Å². The molecule has 0 amide bonds. The average molecular weight is 324 g/mol. The molecule has 0 aliphatic heterocycles. The Bertz CT molecular complexity index is 639. The maximum absolute atomic E-state index is 4.70. The number of hydrogen-bond acceptors (Lipinski definition) is 3. The molecule has 3 heteroatoms. The van der Waals surface area contributed by atoms with Crippen LogP contribution in [0.15, 0.2) is 35.8 Å². The second-order valence-corrected chi connectivity index (χ2v) is 9.01. The molecule has 4 bridgehead atoms. The first-order valence-corrected chi connectivity index (χ1v) is 9.90. The molecule has 2 nitrogen and oxygen atoms in total. The molecule has 0 unspecified atom stereocenters. The predicted molar refractivity (Wildman–Crippen MR) is 95.3 cm³/mol. The van der Waals surface area contributed by atoms with E-state index in [2.05, 4.69) is 35.0 Å². The minimum Gasteiger partial charge on any atom is -0.306 e. The van der Waals surface area contributed by atoms with E-state index in [1.165, 1.54) is 54.7 Å². The van der Waals surface area contributed by atoms with E-state index in [4.69, 9.17) is 4.98 Å². The largest absolute Gasteiger partial charge is 0.306 e. The molecule has 2 heterocycles. The fraction of sp³-hybridized carbons (Fsp3) is 0.550. The highest BCUT2D eigenvalue weighted by atomic mass is 32.1. The number of rotatable bonds is 4. The maximum atomic E-state index is 4.70. The Morgan fingerprint density at radius 3 is 2.35 bits per heavy atom. The van der Waals surface area contributed by atoms with Crippen molar-refractivity contribution in [3.05, 3.63) is 41.5 Å². The fourth-order valence-corrected chi connectivity index (χ4v) is 6.44. The van der Waals surface area contributed by atoms with Crippen molar-refractivity contribution in [2.45, 2.75) is 50.6 Å². The topological polar surface area (TPSA) is 24.9 Å². The molecule has 0 atom stereocenters. The summed E-state index contributed by atoms with van der Waals surface area (Å²) >= 11 is 1.78. The zero-order chi connectivity index (χ0) is 15.3. The SMILES string of the molecule is c1csc(-c2ccc(CNC34CC5CC(CC(C5)C3)C4)nc2)c1. The Balaban J connectivity index is 1.28. The summed E-state index contributed by atoms with van der Waals surface area (Å²) in [6.45, 7) is 0.927. The number of hydrogen-bond donors (Lipinski definition) is 1. The van der Waals surface area contributed by atoms with Crippen LogP contribution in [0, 0.1) is 17.8 Å². The van der Waals surface area contributed by atoms with E-state index in [-0.39, 0.29) is 0 Å². The maximum Gasteiger partial charge on any atom is 0.0542 e. The molecule has 0 spiro atoms. The summed E-state index contributed by atoms with van der Waals surface area (Å²) in [5.74, 6) is 3.01. The van der Waals surface area contributed by atoms with Crippen LogP contribution < -0.4 is 5.32 Å². The first kappa shape index (κ1) is 14.2. The van der Waals surface area contributed by atoms with E-state index >= 15 is 0 Å². The van der Waals surface area contributed by atoms with Crippen LogP contribution in [0.4, 0.5) is 0 Å². The van der Waals surface area contributed by atoms with Gasteiger partial charge in [-0.3, -0.25) is 4.98 Å². The number of nitrogens with zero attached hydrogens (tertiary/aromatic N) is 1. The van der Waals surface area contributed by atoms with E-state index in [1.54, 1.807) is 11.3 Å². The van der Waals surface area contributed by atoms with E-state index in [9.17, 15) is 0 Å². The summed E-state index contributed by atoms with van der Waals surface area (Å²) in [6.07, 6.45) is 10.8. The molecule has 4 aliphatic carbocycles. The number of nitrogens with one attached hydrogen (secondary N) is 1. The number of thiophene rings is 1. The van der Waals surface area contributed by atoms with Gasteiger partial charge in [0.25, 0.3) is 0 Å². The molecule has 6 rings (SSSR count). The van der Waals surface area contributed by atoms with Crippen LogP contribution in [0.2, 0.25) is 0 Å². The van der Waals surface area contributed by atoms with E-state index < -0.39 is 0 Å². The van der Waals surface area contributed by atoms with Crippen LogP contribution >= 0.6 is 11.3 Å². The van der Waals surface area contributed by atoms with Crippen molar-refractivity contribution in [1.29, 1.82) is 0 Å². The molecule has 1 N–H and O–H groups in total. The Labute approximate surface area is 142 Å².